The monoisotopic (exact) mass is 417 g/mol. The zero-order valence-corrected chi connectivity index (χ0v) is 17.6. The molecule has 140 valence electrons. The molecular formula is C19H19N3O2S3. The van der Waals surface area contributed by atoms with E-state index in [9.17, 15) is 8.42 Å². The number of anilines is 1. The third-order valence-electron chi connectivity index (χ3n) is 4.97. The van der Waals surface area contributed by atoms with Crippen molar-refractivity contribution in [1.29, 1.82) is 0 Å². The molecule has 1 aliphatic rings. The van der Waals surface area contributed by atoms with Crippen molar-refractivity contribution < 1.29 is 8.42 Å². The number of hydrogen-bond acceptors (Lipinski definition) is 6. The second kappa shape index (κ2) is 6.27. The van der Waals surface area contributed by atoms with Crippen LogP contribution in [-0.2, 0) is 15.6 Å². The van der Waals surface area contributed by atoms with Crippen LogP contribution in [0.25, 0.3) is 11.1 Å². The summed E-state index contributed by atoms with van der Waals surface area (Å²) in [6, 6.07) is 14.7. The Labute approximate surface area is 165 Å². The van der Waals surface area contributed by atoms with Gasteiger partial charge in [-0.15, -0.1) is 0 Å². The minimum absolute atomic E-state index is 0.0885. The average molecular weight is 418 g/mol. The van der Waals surface area contributed by atoms with Crippen molar-refractivity contribution in [3.8, 4) is 11.1 Å². The molecular weight excluding hydrogens is 398 g/mol. The summed E-state index contributed by atoms with van der Waals surface area (Å²) in [5.41, 5.74) is 4.09. The zero-order chi connectivity index (χ0) is 19.4. The Balaban J connectivity index is 1.90. The molecule has 4 rings (SSSR count). The van der Waals surface area contributed by atoms with E-state index >= 15 is 0 Å². The van der Waals surface area contributed by atoms with Gasteiger partial charge in [0, 0.05) is 23.9 Å². The fourth-order valence-corrected chi connectivity index (χ4v) is 6.76. The zero-order valence-electron chi connectivity index (χ0n) is 15.1. The summed E-state index contributed by atoms with van der Waals surface area (Å²) in [7, 11) is 1.81. The highest BCUT2D eigenvalue weighted by Gasteiger charge is 2.37. The largest absolute Gasteiger partial charge is 0.364 e. The van der Waals surface area contributed by atoms with E-state index < -0.39 is 10.0 Å². The Kier molecular flexibility index (Phi) is 4.27. The fraction of sp³-hybridized carbons (Fsp3) is 0.211. The summed E-state index contributed by atoms with van der Waals surface area (Å²) >= 11 is 0. The van der Waals surface area contributed by atoms with Gasteiger partial charge in [0.1, 0.15) is 4.67 Å². The SMILES string of the molecule is CN1c2ccccc2-c2c(ssc2=Nc2ccc(S(N)(=O)=O)cc2)C1(C)C. The minimum Gasteiger partial charge on any atom is -0.364 e. The summed E-state index contributed by atoms with van der Waals surface area (Å²) in [5, 5.41) is 5.17. The second-order valence-electron chi connectivity index (χ2n) is 6.96. The number of primary sulfonamides is 1. The Morgan fingerprint density at radius 1 is 1.04 bits per heavy atom. The van der Waals surface area contributed by atoms with Crippen LogP contribution in [0.15, 0.2) is 58.4 Å². The molecule has 5 nitrogen and oxygen atoms in total. The number of fused-ring (bicyclic) bond motifs is 3. The molecule has 3 aromatic rings. The van der Waals surface area contributed by atoms with Crippen molar-refractivity contribution in [2.45, 2.75) is 24.3 Å². The molecule has 0 aliphatic carbocycles. The molecule has 0 radical (unpaired) electrons. The molecule has 0 fully saturated rings. The highest BCUT2D eigenvalue weighted by atomic mass is 32.9. The van der Waals surface area contributed by atoms with Gasteiger partial charge in [-0.3, -0.25) is 0 Å². The Morgan fingerprint density at radius 3 is 2.37 bits per heavy atom. The first-order chi connectivity index (χ1) is 12.7. The highest BCUT2D eigenvalue weighted by Crippen LogP contribution is 2.48. The summed E-state index contributed by atoms with van der Waals surface area (Å²) in [5.74, 6) is 0. The van der Waals surface area contributed by atoms with E-state index in [4.69, 9.17) is 10.1 Å². The van der Waals surface area contributed by atoms with Crippen LogP contribution in [0.5, 0.6) is 0 Å². The number of nitrogens with zero attached hydrogens (tertiary/aromatic N) is 2. The van der Waals surface area contributed by atoms with Crippen molar-refractivity contribution in [3.63, 3.8) is 0 Å². The molecule has 0 atom stereocenters. The summed E-state index contributed by atoms with van der Waals surface area (Å²) < 4.78 is 23.8. The van der Waals surface area contributed by atoms with Crippen molar-refractivity contribution >= 4 is 42.1 Å². The Bertz CT molecular complexity index is 1190. The van der Waals surface area contributed by atoms with Crippen molar-refractivity contribution in [2.24, 2.45) is 10.1 Å². The maximum Gasteiger partial charge on any atom is 0.238 e. The van der Waals surface area contributed by atoms with Crippen molar-refractivity contribution in [3.05, 3.63) is 58.1 Å². The van der Waals surface area contributed by atoms with Crippen LogP contribution in [-0.4, -0.2) is 15.5 Å². The van der Waals surface area contributed by atoms with E-state index in [0.29, 0.717) is 5.69 Å². The van der Waals surface area contributed by atoms with E-state index in [1.165, 1.54) is 33.8 Å². The van der Waals surface area contributed by atoms with Gasteiger partial charge in [0.05, 0.1) is 21.0 Å². The van der Waals surface area contributed by atoms with Crippen LogP contribution < -0.4 is 14.7 Å². The third-order valence-corrected chi connectivity index (χ3v) is 8.53. The van der Waals surface area contributed by atoms with Gasteiger partial charge in [-0.25, -0.2) is 18.5 Å². The first-order valence-electron chi connectivity index (χ1n) is 8.34. The van der Waals surface area contributed by atoms with Crippen LogP contribution in [0.2, 0.25) is 0 Å². The van der Waals surface area contributed by atoms with Gasteiger partial charge >= 0.3 is 0 Å². The van der Waals surface area contributed by atoms with Gasteiger partial charge in [0.15, 0.2) is 0 Å². The first kappa shape index (κ1) is 18.4. The number of sulfonamides is 1. The van der Waals surface area contributed by atoms with Crippen LogP contribution in [0.1, 0.15) is 18.7 Å². The molecule has 2 heterocycles. The average Bonchev–Trinajstić information content (AvgIpc) is 3.04. The normalized spacial score (nSPS) is 16.1. The van der Waals surface area contributed by atoms with E-state index in [2.05, 4.69) is 44.0 Å². The highest BCUT2D eigenvalue weighted by molar-refractivity contribution is 7.89. The van der Waals surface area contributed by atoms with Gasteiger partial charge in [-0.1, -0.05) is 38.9 Å². The summed E-state index contributed by atoms with van der Waals surface area (Å²) in [6.07, 6.45) is 0. The number of hydrogen-bond donors (Lipinski definition) is 1. The number of benzene rings is 2. The van der Waals surface area contributed by atoms with Gasteiger partial charge < -0.3 is 4.90 Å². The number of para-hydroxylation sites is 1. The molecule has 0 spiro atoms. The lowest BCUT2D eigenvalue weighted by atomic mass is 9.88. The van der Waals surface area contributed by atoms with Crippen LogP contribution in [0.4, 0.5) is 11.4 Å². The third kappa shape index (κ3) is 3.02. The molecule has 2 N–H and O–H groups in total. The van der Waals surface area contributed by atoms with E-state index in [1.54, 1.807) is 32.8 Å². The molecule has 2 aromatic carbocycles. The molecule has 0 saturated heterocycles. The molecule has 0 amide bonds. The number of rotatable bonds is 2. The van der Waals surface area contributed by atoms with Crippen molar-refractivity contribution in [2.75, 3.05) is 11.9 Å². The minimum atomic E-state index is -3.70. The lowest BCUT2D eigenvalue weighted by molar-refractivity contribution is 0.521. The van der Waals surface area contributed by atoms with Gasteiger partial charge in [0.2, 0.25) is 10.0 Å². The van der Waals surface area contributed by atoms with Gasteiger partial charge in [-0.05, 0) is 44.2 Å². The van der Waals surface area contributed by atoms with Crippen LogP contribution >= 0.6 is 20.7 Å². The molecule has 0 unspecified atom stereocenters. The van der Waals surface area contributed by atoms with E-state index in [-0.39, 0.29) is 10.4 Å². The van der Waals surface area contributed by atoms with E-state index in [1.807, 2.05) is 6.07 Å². The lowest BCUT2D eigenvalue weighted by Crippen LogP contribution is -2.41. The van der Waals surface area contributed by atoms with E-state index in [0.717, 1.165) is 4.67 Å². The predicted octanol–water partition coefficient (Wildman–Crippen LogP) is 4.04. The lowest BCUT2D eigenvalue weighted by Gasteiger charge is -2.42. The maximum atomic E-state index is 11.4. The topological polar surface area (TPSA) is 75.8 Å². The standard InChI is InChI=1S/C19H19N3O2S3/c1-19(2)17-16(14-6-4-5-7-15(14)22(19)3)18(26-25-17)21-12-8-10-13(11-9-12)27(20,23)24/h4-11H,1-3H3,(H2,20,23,24). The Hall–Kier alpha value is -2.00. The maximum absolute atomic E-state index is 11.4. The summed E-state index contributed by atoms with van der Waals surface area (Å²) in [4.78, 5) is 8.48. The van der Waals surface area contributed by atoms with Crippen molar-refractivity contribution in [1.82, 2.24) is 0 Å². The molecule has 1 aliphatic heterocycles. The molecule has 1 aromatic heterocycles. The summed E-state index contributed by atoms with van der Waals surface area (Å²) in [6.45, 7) is 4.44. The smallest absolute Gasteiger partial charge is 0.238 e. The molecule has 27 heavy (non-hydrogen) atoms. The predicted molar refractivity (Wildman–Crippen MR) is 112 cm³/mol. The van der Waals surface area contributed by atoms with Gasteiger partial charge in [-0.2, -0.15) is 0 Å². The first-order valence-corrected chi connectivity index (χ1v) is 12.0. The Morgan fingerprint density at radius 2 is 1.70 bits per heavy atom. The molecule has 8 heteroatoms. The molecule has 0 saturated carbocycles. The number of nitrogens with two attached hydrogens (primary N) is 1. The quantitative estimate of drug-likeness (QED) is 0.639. The van der Waals surface area contributed by atoms with Gasteiger partial charge in [0.25, 0.3) is 0 Å². The fourth-order valence-electron chi connectivity index (χ4n) is 3.24. The van der Waals surface area contributed by atoms with Crippen LogP contribution in [0, 0.1) is 0 Å². The van der Waals surface area contributed by atoms with Crippen LogP contribution in [0.3, 0.4) is 0 Å². The molecule has 0 bridgehead atoms. The second-order valence-corrected chi connectivity index (χ2v) is 10.7.